The van der Waals surface area contributed by atoms with Crippen LogP contribution in [0.1, 0.15) is 18.9 Å². The maximum absolute atomic E-state index is 8.79. The standard InChI is InChI=1S/C17H19N3O/c1-2-11-21-16-6-3-14(4-7-16)20-15-5-8-17(19)13(12-15)9-10-18/h3-8,12,20H,2,9,11,19H2,1H3. The van der Waals surface area contributed by atoms with Crippen LogP contribution in [0, 0.1) is 11.3 Å². The second-order valence-corrected chi connectivity index (χ2v) is 4.75. The highest BCUT2D eigenvalue weighted by atomic mass is 16.5. The molecule has 0 saturated carbocycles. The molecule has 0 saturated heterocycles. The highest BCUT2D eigenvalue weighted by Crippen LogP contribution is 2.23. The lowest BCUT2D eigenvalue weighted by Gasteiger charge is -2.10. The van der Waals surface area contributed by atoms with Crippen LogP contribution >= 0.6 is 0 Å². The minimum Gasteiger partial charge on any atom is -0.494 e. The lowest BCUT2D eigenvalue weighted by molar-refractivity contribution is 0.317. The third-order valence-corrected chi connectivity index (χ3v) is 3.03. The molecule has 4 heteroatoms. The van der Waals surface area contributed by atoms with E-state index in [4.69, 9.17) is 15.7 Å². The average molecular weight is 281 g/mol. The fourth-order valence-electron chi connectivity index (χ4n) is 1.94. The molecule has 2 aromatic rings. The molecule has 2 rings (SSSR count). The molecule has 3 N–H and O–H groups in total. The molecule has 0 aliphatic carbocycles. The largest absolute Gasteiger partial charge is 0.494 e. The topological polar surface area (TPSA) is 71.1 Å². The second kappa shape index (κ2) is 7.20. The highest BCUT2D eigenvalue weighted by Gasteiger charge is 2.02. The zero-order chi connectivity index (χ0) is 15.1. The fraction of sp³-hybridized carbons (Fsp3) is 0.235. The van der Waals surface area contributed by atoms with Crippen molar-refractivity contribution in [1.29, 1.82) is 5.26 Å². The first kappa shape index (κ1) is 14.7. The van der Waals surface area contributed by atoms with Gasteiger partial charge in [0.2, 0.25) is 0 Å². The minimum absolute atomic E-state index is 0.311. The van der Waals surface area contributed by atoms with Gasteiger partial charge in [-0.1, -0.05) is 6.92 Å². The first-order valence-corrected chi connectivity index (χ1v) is 6.98. The monoisotopic (exact) mass is 281 g/mol. The van der Waals surface area contributed by atoms with Crippen LogP contribution in [-0.2, 0) is 6.42 Å². The number of nitrogens with one attached hydrogen (secondary N) is 1. The van der Waals surface area contributed by atoms with E-state index in [1.807, 2.05) is 42.5 Å². The molecule has 0 unspecified atom stereocenters. The number of nitriles is 1. The summed E-state index contributed by atoms with van der Waals surface area (Å²) in [6, 6.07) is 15.5. The molecule has 0 atom stereocenters. The van der Waals surface area contributed by atoms with Crippen LogP contribution < -0.4 is 15.8 Å². The summed E-state index contributed by atoms with van der Waals surface area (Å²) in [6.45, 7) is 2.80. The molecule has 0 aliphatic heterocycles. The van der Waals surface area contributed by atoms with Gasteiger partial charge in [-0.2, -0.15) is 5.26 Å². The Morgan fingerprint density at radius 1 is 1.14 bits per heavy atom. The summed E-state index contributed by atoms with van der Waals surface area (Å²) >= 11 is 0. The van der Waals surface area contributed by atoms with E-state index in [9.17, 15) is 0 Å². The molecule has 0 bridgehead atoms. The van der Waals surface area contributed by atoms with E-state index in [0.29, 0.717) is 12.1 Å². The summed E-state index contributed by atoms with van der Waals surface area (Å²) in [5.74, 6) is 0.866. The molecule has 0 fully saturated rings. The first-order chi connectivity index (χ1) is 10.2. The van der Waals surface area contributed by atoms with Gasteiger partial charge in [0.1, 0.15) is 5.75 Å². The molecule has 0 heterocycles. The van der Waals surface area contributed by atoms with Crippen LogP contribution in [-0.4, -0.2) is 6.61 Å². The molecule has 0 aromatic heterocycles. The Morgan fingerprint density at radius 3 is 2.52 bits per heavy atom. The molecule has 0 spiro atoms. The Kier molecular flexibility index (Phi) is 5.05. The number of nitrogens with zero attached hydrogens (tertiary/aromatic N) is 1. The smallest absolute Gasteiger partial charge is 0.119 e. The maximum atomic E-state index is 8.79. The van der Waals surface area contributed by atoms with Crippen molar-refractivity contribution in [2.45, 2.75) is 19.8 Å². The van der Waals surface area contributed by atoms with Gasteiger partial charge in [-0.05, 0) is 54.4 Å². The average Bonchev–Trinajstić information content (AvgIpc) is 2.50. The molecule has 0 radical (unpaired) electrons. The van der Waals surface area contributed by atoms with Gasteiger partial charge >= 0.3 is 0 Å². The van der Waals surface area contributed by atoms with Crippen molar-refractivity contribution in [3.63, 3.8) is 0 Å². The van der Waals surface area contributed by atoms with Gasteiger partial charge in [-0.3, -0.25) is 0 Å². The van der Waals surface area contributed by atoms with Crippen LogP contribution in [0.15, 0.2) is 42.5 Å². The number of hydrogen-bond acceptors (Lipinski definition) is 4. The quantitative estimate of drug-likeness (QED) is 0.788. The van der Waals surface area contributed by atoms with E-state index in [1.165, 1.54) is 0 Å². The zero-order valence-corrected chi connectivity index (χ0v) is 12.1. The van der Waals surface area contributed by atoms with Crippen molar-refractivity contribution >= 4 is 17.1 Å². The van der Waals surface area contributed by atoms with Crippen molar-refractivity contribution in [2.75, 3.05) is 17.7 Å². The molecular formula is C17H19N3O. The Balaban J connectivity index is 2.07. The summed E-state index contributed by atoms with van der Waals surface area (Å²) in [5.41, 5.74) is 9.20. The van der Waals surface area contributed by atoms with E-state index in [2.05, 4.69) is 18.3 Å². The van der Waals surface area contributed by atoms with Crippen molar-refractivity contribution in [2.24, 2.45) is 0 Å². The van der Waals surface area contributed by atoms with Gasteiger partial charge in [0.15, 0.2) is 0 Å². The zero-order valence-electron chi connectivity index (χ0n) is 12.1. The Bertz CT molecular complexity index is 629. The Morgan fingerprint density at radius 2 is 1.86 bits per heavy atom. The highest BCUT2D eigenvalue weighted by molar-refractivity contribution is 5.65. The first-order valence-electron chi connectivity index (χ1n) is 6.98. The Labute approximate surface area is 125 Å². The van der Waals surface area contributed by atoms with Crippen molar-refractivity contribution in [3.05, 3.63) is 48.0 Å². The van der Waals surface area contributed by atoms with Gasteiger partial charge in [0.05, 0.1) is 19.1 Å². The van der Waals surface area contributed by atoms with E-state index in [1.54, 1.807) is 0 Å². The van der Waals surface area contributed by atoms with Crippen LogP contribution in [0.25, 0.3) is 0 Å². The van der Waals surface area contributed by atoms with Gasteiger partial charge in [0, 0.05) is 17.1 Å². The molecule has 21 heavy (non-hydrogen) atoms. The van der Waals surface area contributed by atoms with E-state index in [-0.39, 0.29) is 0 Å². The lowest BCUT2D eigenvalue weighted by Crippen LogP contribution is -1.97. The number of anilines is 3. The fourth-order valence-corrected chi connectivity index (χ4v) is 1.94. The van der Waals surface area contributed by atoms with Crippen molar-refractivity contribution in [1.82, 2.24) is 0 Å². The van der Waals surface area contributed by atoms with Crippen LogP contribution in [0.3, 0.4) is 0 Å². The SMILES string of the molecule is CCCOc1ccc(Nc2ccc(N)c(CC#N)c2)cc1. The minimum atomic E-state index is 0.311. The van der Waals surface area contributed by atoms with E-state index < -0.39 is 0 Å². The van der Waals surface area contributed by atoms with Gasteiger partial charge in [-0.15, -0.1) is 0 Å². The molecule has 108 valence electrons. The maximum Gasteiger partial charge on any atom is 0.119 e. The molecular weight excluding hydrogens is 262 g/mol. The molecule has 4 nitrogen and oxygen atoms in total. The van der Waals surface area contributed by atoms with Gasteiger partial charge in [-0.25, -0.2) is 0 Å². The Hall–Kier alpha value is -2.67. The van der Waals surface area contributed by atoms with Crippen molar-refractivity contribution < 1.29 is 4.74 Å². The summed E-state index contributed by atoms with van der Waals surface area (Å²) < 4.78 is 5.55. The second-order valence-electron chi connectivity index (χ2n) is 4.75. The third kappa shape index (κ3) is 4.15. The van der Waals surface area contributed by atoms with Crippen LogP contribution in [0.2, 0.25) is 0 Å². The number of benzene rings is 2. The molecule has 0 aliphatic rings. The lowest BCUT2D eigenvalue weighted by atomic mass is 10.1. The van der Waals surface area contributed by atoms with Crippen LogP contribution in [0.5, 0.6) is 5.75 Å². The summed E-state index contributed by atoms with van der Waals surface area (Å²) in [7, 11) is 0. The van der Waals surface area contributed by atoms with E-state index >= 15 is 0 Å². The number of rotatable bonds is 6. The number of nitrogens with two attached hydrogens (primary N) is 1. The predicted octanol–water partition coefficient (Wildman–Crippen LogP) is 3.87. The molecule has 2 aromatic carbocycles. The molecule has 0 amide bonds. The predicted molar refractivity (Wildman–Crippen MR) is 85.7 cm³/mol. The van der Waals surface area contributed by atoms with Crippen molar-refractivity contribution in [3.8, 4) is 11.8 Å². The number of nitrogen functional groups attached to an aromatic ring is 1. The summed E-state index contributed by atoms with van der Waals surface area (Å²) in [6.07, 6.45) is 1.30. The third-order valence-electron chi connectivity index (χ3n) is 3.03. The normalized spacial score (nSPS) is 9.90. The van der Waals surface area contributed by atoms with Crippen LogP contribution in [0.4, 0.5) is 17.1 Å². The van der Waals surface area contributed by atoms with E-state index in [0.717, 1.165) is 35.7 Å². The summed E-state index contributed by atoms with van der Waals surface area (Å²) in [4.78, 5) is 0. The summed E-state index contributed by atoms with van der Waals surface area (Å²) in [5, 5.41) is 12.1. The number of hydrogen-bond donors (Lipinski definition) is 2. The van der Waals surface area contributed by atoms with Gasteiger partial charge in [0.25, 0.3) is 0 Å². The number of ether oxygens (including phenoxy) is 1. The van der Waals surface area contributed by atoms with Gasteiger partial charge < -0.3 is 15.8 Å².